The van der Waals surface area contributed by atoms with E-state index in [1.54, 1.807) is 12.1 Å². The molecule has 1 aliphatic heterocycles. The predicted octanol–water partition coefficient (Wildman–Crippen LogP) is 2.00. The van der Waals surface area contributed by atoms with Crippen molar-refractivity contribution in [3.05, 3.63) is 29.8 Å². The molecule has 1 fully saturated rings. The highest BCUT2D eigenvalue weighted by atomic mass is 32.2. The van der Waals surface area contributed by atoms with Crippen molar-refractivity contribution in [3.8, 4) is 0 Å². The Bertz CT molecular complexity index is 508. The summed E-state index contributed by atoms with van der Waals surface area (Å²) < 4.78 is 32.0. The van der Waals surface area contributed by atoms with E-state index in [2.05, 4.69) is 0 Å². The molecule has 1 aliphatic rings. The maximum atomic E-state index is 12.5. The molecule has 0 spiro atoms. The lowest BCUT2D eigenvalue weighted by molar-refractivity contribution is 0.0313. The monoisotopic (exact) mass is 269 g/mol. The second-order valence-corrected chi connectivity index (χ2v) is 6.82. The quantitative estimate of drug-likeness (QED) is 0.843. The van der Waals surface area contributed by atoms with Crippen LogP contribution in [0.4, 0.5) is 0 Å². The van der Waals surface area contributed by atoms with Crippen LogP contribution in [0.25, 0.3) is 0 Å². The highest BCUT2D eigenvalue weighted by molar-refractivity contribution is 7.89. The number of nitrogens with zero attached hydrogens (tertiary/aromatic N) is 1. The number of ether oxygens (including phenoxy) is 1. The van der Waals surface area contributed by atoms with Gasteiger partial charge in [-0.25, -0.2) is 8.42 Å². The minimum atomic E-state index is -3.44. The van der Waals surface area contributed by atoms with Gasteiger partial charge in [0.25, 0.3) is 0 Å². The van der Waals surface area contributed by atoms with Crippen LogP contribution in [0.3, 0.4) is 0 Å². The normalized spacial score (nSPS) is 21.7. The molecule has 0 aromatic heterocycles. The van der Waals surface area contributed by atoms with Crippen LogP contribution in [-0.4, -0.2) is 32.1 Å². The Balaban J connectivity index is 2.33. The molecule has 0 aliphatic carbocycles. The first-order valence-corrected chi connectivity index (χ1v) is 7.57. The number of rotatable bonds is 3. The van der Waals surface area contributed by atoms with Gasteiger partial charge in [0.2, 0.25) is 10.0 Å². The molecule has 0 N–H and O–H groups in total. The van der Waals surface area contributed by atoms with Crippen LogP contribution >= 0.6 is 0 Å². The van der Waals surface area contributed by atoms with Gasteiger partial charge in [-0.3, -0.25) is 0 Å². The molecule has 1 atom stereocenters. The lowest BCUT2D eigenvalue weighted by Crippen LogP contribution is -2.39. The van der Waals surface area contributed by atoms with Gasteiger partial charge in [-0.2, -0.15) is 4.31 Å². The SMILES string of the molecule is Cc1ccc(S(=O)(=O)N2CCOC2C(C)C)cc1. The van der Waals surface area contributed by atoms with Gasteiger partial charge in [0.1, 0.15) is 6.23 Å². The first-order chi connectivity index (χ1) is 8.43. The van der Waals surface area contributed by atoms with E-state index < -0.39 is 10.0 Å². The molecule has 1 aromatic rings. The molecule has 100 valence electrons. The molecule has 5 heteroatoms. The molecule has 0 bridgehead atoms. The van der Waals surface area contributed by atoms with Gasteiger partial charge in [0, 0.05) is 6.54 Å². The Morgan fingerprint density at radius 2 is 1.89 bits per heavy atom. The van der Waals surface area contributed by atoms with Gasteiger partial charge in [0.05, 0.1) is 11.5 Å². The number of hydrogen-bond acceptors (Lipinski definition) is 3. The lowest BCUT2D eigenvalue weighted by atomic mass is 10.2. The molecular formula is C13H19NO3S. The molecule has 1 unspecified atom stereocenters. The fraction of sp³-hybridized carbons (Fsp3) is 0.538. The van der Waals surface area contributed by atoms with E-state index in [0.717, 1.165) is 5.56 Å². The largest absolute Gasteiger partial charge is 0.360 e. The third-order valence-corrected chi connectivity index (χ3v) is 4.96. The summed E-state index contributed by atoms with van der Waals surface area (Å²) in [7, 11) is -3.44. The topological polar surface area (TPSA) is 46.6 Å². The van der Waals surface area contributed by atoms with Crippen LogP contribution in [0.1, 0.15) is 19.4 Å². The number of hydrogen-bond donors (Lipinski definition) is 0. The molecule has 4 nitrogen and oxygen atoms in total. The maximum Gasteiger partial charge on any atom is 0.245 e. The Morgan fingerprint density at radius 1 is 1.28 bits per heavy atom. The zero-order valence-electron chi connectivity index (χ0n) is 11.0. The number of aryl methyl sites for hydroxylation is 1. The fourth-order valence-corrected chi connectivity index (χ4v) is 3.74. The lowest BCUT2D eigenvalue weighted by Gasteiger charge is -2.25. The van der Waals surface area contributed by atoms with E-state index in [1.165, 1.54) is 4.31 Å². The molecular weight excluding hydrogens is 250 g/mol. The fourth-order valence-electron chi connectivity index (χ4n) is 2.10. The van der Waals surface area contributed by atoms with Crippen LogP contribution in [0.15, 0.2) is 29.2 Å². The molecule has 2 rings (SSSR count). The van der Waals surface area contributed by atoms with Crippen LogP contribution < -0.4 is 0 Å². The third kappa shape index (κ3) is 2.43. The molecule has 18 heavy (non-hydrogen) atoms. The molecule has 0 radical (unpaired) electrons. The van der Waals surface area contributed by atoms with Crippen molar-refractivity contribution in [2.75, 3.05) is 13.2 Å². The first-order valence-electron chi connectivity index (χ1n) is 6.13. The summed E-state index contributed by atoms with van der Waals surface area (Å²) in [6, 6.07) is 6.93. The molecule has 1 heterocycles. The van der Waals surface area contributed by atoms with Gasteiger partial charge in [0.15, 0.2) is 0 Å². The van der Waals surface area contributed by atoms with Gasteiger partial charge in [-0.1, -0.05) is 31.5 Å². The minimum absolute atomic E-state index is 0.146. The summed E-state index contributed by atoms with van der Waals surface area (Å²) in [6.45, 7) is 6.76. The average Bonchev–Trinajstić information content (AvgIpc) is 2.79. The van der Waals surface area contributed by atoms with E-state index in [0.29, 0.717) is 18.0 Å². The zero-order valence-corrected chi connectivity index (χ0v) is 11.8. The van der Waals surface area contributed by atoms with Gasteiger partial charge < -0.3 is 4.74 Å². The highest BCUT2D eigenvalue weighted by Crippen LogP contribution is 2.26. The highest BCUT2D eigenvalue weighted by Gasteiger charge is 2.37. The summed E-state index contributed by atoms with van der Waals surface area (Å²) in [6.07, 6.45) is -0.351. The average molecular weight is 269 g/mol. The second kappa shape index (κ2) is 4.99. The molecule has 0 saturated carbocycles. The van der Waals surface area contributed by atoms with E-state index in [1.807, 2.05) is 32.9 Å². The summed E-state index contributed by atoms with van der Waals surface area (Å²) in [5.41, 5.74) is 1.05. The van der Waals surface area contributed by atoms with E-state index in [9.17, 15) is 8.42 Å². The van der Waals surface area contributed by atoms with Crippen molar-refractivity contribution < 1.29 is 13.2 Å². The predicted molar refractivity (Wildman–Crippen MR) is 69.6 cm³/mol. The minimum Gasteiger partial charge on any atom is -0.360 e. The van der Waals surface area contributed by atoms with Gasteiger partial charge >= 0.3 is 0 Å². The van der Waals surface area contributed by atoms with E-state index >= 15 is 0 Å². The van der Waals surface area contributed by atoms with Crippen molar-refractivity contribution in [2.24, 2.45) is 5.92 Å². The van der Waals surface area contributed by atoms with Crippen LogP contribution in [0.2, 0.25) is 0 Å². The van der Waals surface area contributed by atoms with E-state index in [4.69, 9.17) is 4.74 Å². The Hall–Kier alpha value is -0.910. The van der Waals surface area contributed by atoms with Gasteiger partial charge in [-0.15, -0.1) is 0 Å². The summed E-state index contributed by atoms with van der Waals surface area (Å²) in [5.74, 6) is 0.146. The standard InChI is InChI=1S/C13H19NO3S/c1-10(2)13-14(8-9-17-13)18(15,16)12-6-4-11(3)5-7-12/h4-7,10,13H,8-9H2,1-3H3. The van der Waals surface area contributed by atoms with Crippen molar-refractivity contribution >= 4 is 10.0 Å². The third-order valence-electron chi connectivity index (χ3n) is 3.08. The molecule has 1 saturated heterocycles. The smallest absolute Gasteiger partial charge is 0.245 e. The van der Waals surface area contributed by atoms with Crippen molar-refractivity contribution in [1.82, 2.24) is 4.31 Å². The van der Waals surface area contributed by atoms with Crippen LogP contribution in [0.5, 0.6) is 0 Å². The first kappa shape index (κ1) is 13.5. The summed E-state index contributed by atoms with van der Waals surface area (Å²) in [5, 5.41) is 0. The van der Waals surface area contributed by atoms with Crippen LogP contribution in [0, 0.1) is 12.8 Å². The molecule has 1 aromatic carbocycles. The number of sulfonamides is 1. The van der Waals surface area contributed by atoms with Crippen molar-refractivity contribution in [2.45, 2.75) is 31.9 Å². The Morgan fingerprint density at radius 3 is 2.44 bits per heavy atom. The Labute approximate surface area is 109 Å². The van der Waals surface area contributed by atoms with Crippen molar-refractivity contribution in [3.63, 3.8) is 0 Å². The Kier molecular flexibility index (Phi) is 3.75. The maximum absolute atomic E-state index is 12.5. The summed E-state index contributed by atoms with van der Waals surface area (Å²) in [4.78, 5) is 0.337. The van der Waals surface area contributed by atoms with E-state index in [-0.39, 0.29) is 12.1 Å². The zero-order chi connectivity index (χ0) is 13.3. The van der Waals surface area contributed by atoms with Crippen LogP contribution in [-0.2, 0) is 14.8 Å². The summed E-state index contributed by atoms with van der Waals surface area (Å²) >= 11 is 0. The number of benzene rings is 1. The second-order valence-electron chi connectivity index (χ2n) is 4.93. The van der Waals surface area contributed by atoms with Crippen molar-refractivity contribution in [1.29, 1.82) is 0 Å². The molecule has 0 amide bonds. The van der Waals surface area contributed by atoms with Gasteiger partial charge in [-0.05, 0) is 25.0 Å².